The SMILES string of the molecule is Cc1nn(C)cc1C(C)NCCc1ncc[nH]1. The maximum absolute atomic E-state index is 4.35. The van der Waals surface area contributed by atoms with E-state index < -0.39 is 0 Å². The zero-order valence-corrected chi connectivity index (χ0v) is 10.6. The Morgan fingerprint density at radius 1 is 1.53 bits per heavy atom. The molecule has 2 heterocycles. The number of imidazole rings is 1. The van der Waals surface area contributed by atoms with Crippen molar-refractivity contribution in [3.05, 3.63) is 35.7 Å². The topological polar surface area (TPSA) is 58.5 Å². The van der Waals surface area contributed by atoms with Gasteiger partial charge in [0.2, 0.25) is 0 Å². The van der Waals surface area contributed by atoms with E-state index in [9.17, 15) is 0 Å². The predicted octanol–water partition coefficient (Wildman–Crippen LogP) is 1.34. The molecule has 0 radical (unpaired) electrons. The maximum atomic E-state index is 4.35. The molecule has 0 saturated carbocycles. The van der Waals surface area contributed by atoms with Gasteiger partial charge in [0, 0.05) is 50.2 Å². The summed E-state index contributed by atoms with van der Waals surface area (Å²) >= 11 is 0. The van der Waals surface area contributed by atoms with E-state index in [1.54, 1.807) is 6.20 Å². The fraction of sp³-hybridized carbons (Fsp3) is 0.500. The van der Waals surface area contributed by atoms with Crippen molar-refractivity contribution >= 4 is 0 Å². The Hall–Kier alpha value is -1.62. The van der Waals surface area contributed by atoms with Crippen molar-refractivity contribution in [3.8, 4) is 0 Å². The first-order valence-corrected chi connectivity index (χ1v) is 5.88. The van der Waals surface area contributed by atoms with Crippen LogP contribution >= 0.6 is 0 Å². The van der Waals surface area contributed by atoms with Crippen molar-refractivity contribution in [3.63, 3.8) is 0 Å². The fourth-order valence-electron chi connectivity index (χ4n) is 1.99. The summed E-state index contributed by atoms with van der Waals surface area (Å²) in [5.74, 6) is 1.02. The summed E-state index contributed by atoms with van der Waals surface area (Å²) in [6.45, 7) is 5.11. The minimum Gasteiger partial charge on any atom is -0.349 e. The normalized spacial score (nSPS) is 12.9. The van der Waals surface area contributed by atoms with E-state index in [1.165, 1.54) is 5.56 Å². The first-order valence-electron chi connectivity index (χ1n) is 5.88. The van der Waals surface area contributed by atoms with E-state index in [-0.39, 0.29) is 0 Å². The van der Waals surface area contributed by atoms with E-state index in [2.05, 4.69) is 33.5 Å². The number of hydrogen-bond donors (Lipinski definition) is 2. The third-order valence-corrected chi connectivity index (χ3v) is 2.89. The molecule has 0 aliphatic heterocycles. The molecule has 2 rings (SSSR count). The lowest BCUT2D eigenvalue weighted by molar-refractivity contribution is 0.569. The molecule has 0 fully saturated rings. The van der Waals surface area contributed by atoms with Crippen molar-refractivity contribution in [2.24, 2.45) is 7.05 Å². The highest BCUT2D eigenvalue weighted by atomic mass is 15.3. The number of aromatic amines is 1. The van der Waals surface area contributed by atoms with Crippen LogP contribution in [0.2, 0.25) is 0 Å². The fourth-order valence-corrected chi connectivity index (χ4v) is 1.99. The van der Waals surface area contributed by atoms with Gasteiger partial charge in [-0.25, -0.2) is 4.98 Å². The Morgan fingerprint density at radius 2 is 2.35 bits per heavy atom. The van der Waals surface area contributed by atoms with Crippen molar-refractivity contribution in [2.75, 3.05) is 6.54 Å². The Kier molecular flexibility index (Phi) is 3.58. The molecule has 5 nitrogen and oxygen atoms in total. The molecule has 0 bridgehead atoms. The number of nitrogens with zero attached hydrogens (tertiary/aromatic N) is 3. The highest BCUT2D eigenvalue weighted by molar-refractivity contribution is 5.19. The van der Waals surface area contributed by atoms with E-state index in [0.29, 0.717) is 6.04 Å². The van der Waals surface area contributed by atoms with Gasteiger partial charge >= 0.3 is 0 Å². The molecular formula is C12H19N5. The molecule has 1 atom stereocenters. The lowest BCUT2D eigenvalue weighted by atomic mass is 10.1. The Labute approximate surface area is 101 Å². The maximum Gasteiger partial charge on any atom is 0.107 e. The second kappa shape index (κ2) is 5.14. The first kappa shape index (κ1) is 11.9. The zero-order chi connectivity index (χ0) is 12.3. The third-order valence-electron chi connectivity index (χ3n) is 2.89. The number of rotatable bonds is 5. The summed E-state index contributed by atoms with van der Waals surface area (Å²) in [5.41, 5.74) is 2.34. The van der Waals surface area contributed by atoms with Gasteiger partial charge in [0.1, 0.15) is 5.82 Å². The van der Waals surface area contributed by atoms with Crippen LogP contribution in [0.4, 0.5) is 0 Å². The van der Waals surface area contributed by atoms with Gasteiger partial charge in [0.15, 0.2) is 0 Å². The number of hydrogen-bond acceptors (Lipinski definition) is 3. The van der Waals surface area contributed by atoms with Crippen molar-refractivity contribution in [1.29, 1.82) is 0 Å². The summed E-state index contributed by atoms with van der Waals surface area (Å²) in [7, 11) is 1.95. The summed E-state index contributed by atoms with van der Waals surface area (Å²) in [4.78, 5) is 7.29. The quantitative estimate of drug-likeness (QED) is 0.819. The minimum atomic E-state index is 0.318. The molecule has 1 unspecified atom stereocenters. The number of nitrogens with one attached hydrogen (secondary N) is 2. The first-order chi connectivity index (χ1) is 8.16. The van der Waals surface area contributed by atoms with Crippen LogP contribution in [0, 0.1) is 6.92 Å². The highest BCUT2D eigenvalue weighted by Gasteiger charge is 2.10. The van der Waals surface area contributed by atoms with E-state index in [4.69, 9.17) is 0 Å². The zero-order valence-electron chi connectivity index (χ0n) is 10.6. The van der Waals surface area contributed by atoms with Crippen molar-refractivity contribution in [2.45, 2.75) is 26.3 Å². The highest BCUT2D eigenvalue weighted by Crippen LogP contribution is 2.15. The average Bonchev–Trinajstić information content (AvgIpc) is 2.88. The molecule has 0 aliphatic rings. The Morgan fingerprint density at radius 3 is 2.94 bits per heavy atom. The smallest absolute Gasteiger partial charge is 0.107 e. The van der Waals surface area contributed by atoms with Gasteiger partial charge in [-0.2, -0.15) is 5.10 Å². The standard InChI is InChI=1S/C12H19N5/c1-9(11-8-17(3)16-10(11)2)13-5-4-12-14-6-7-15-12/h6-9,13H,4-5H2,1-3H3,(H,14,15). The molecule has 0 saturated heterocycles. The van der Waals surface area contributed by atoms with Crippen molar-refractivity contribution < 1.29 is 0 Å². The number of H-pyrrole nitrogens is 1. The minimum absolute atomic E-state index is 0.318. The van der Waals surface area contributed by atoms with Crippen LogP contribution in [-0.4, -0.2) is 26.3 Å². The van der Waals surface area contributed by atoms with Crippen molar-refractivity contribution in [1.82, 2.24) is 25.1 Å². The predicted molar refractivity (Wildman–Crippen MR) is 66.7 cm³/mol. The number of aromatic nitrogens is 4. The van der Waals surface area contributed by atoms with Crippen LogP contribution in [0.3, 0.4) is 0 Å². The molecule has 2 aromatic heterocycles. The van der Waals surface area contributed by atoms with E-state index >= 15 is 0 Å². The van der Waals surface area contributed by atoms with E-state index in [0.717, 1.165) is 24.5 Å². The molecule has 2 N–H and O–H groups in total. The second-order valence-electron chi connectivity index (χ2n) is 4.31. The lowest BCUT2D eigenvalue weighted by Gasteiger charge is -2.12. The molecule has 0 aromatic carbocycles. The molecule has 0 spiro atoms. The molecule has 17 heavy (non-hydrogen) atoms. The molecule has 2 aromatic rings. The van der Waals surface area contributed by atoms with Crippen LogP contribution in [0.15, 0.2) is 18.6 Å². The molecule has 92 valence electrons. The summed E-state index contributed by atoms with van der Waals surface area (Å²) in [6, 6.07) is 0.318. The Balaban J connectivity index is 1.85. The van der Waals surface area contributed by atoms with Gasteiger partial charge in [-0.15, -0.1) is 0 Å². The molecule has 0 amide bonds. The Bertz CT molecular complexity index is 457. The molecule has 0 aliphatic carbocycles. The van der Waals surface area contributed by atoms with Crippen LogP contribution in [0.5, 0.6) is 0 Å². The van der Waals surface area contributed by atoms with Gasteiger partial charge < -0.3 is 10.3 Å². The van der Waals surface area contributed by atoms with Crippen LogP contribution < -0.4 is 5.32 Å². The van der Waals surface area contributed by atoms with Crippen LogP contribution in [-0.2, 0) is 13.5 Å². The second-order valence-corrected chi connectivity index (χ2v) is 4.31. The number of aryl methyl sites for hydroxylation is 2. The summed E-state index contributed by atoms with van der Waals surface area (Å²) in [5, 5.41) is 7.83. The monoisotopic (exact) mass is 233 g/mol. The summed E-state index contributed by atoms with van der Waals surface area (Å²) in [6.07, 6.45) is 6.62. The molecule has 5 heteroatoms. The van der Waals surface area contributed by atoms with Gasteiger partial charge in [-0.1, -0.05) is 0 Å². The average molecular weight is 233 g/mol. The van der Waals surface area contributed by atoms with Gasteiger partial charge in [-0.05, 0) is 13.8 Å². The summed E-state index contributed by atoms with van der Waals surface area (Å²) < 4.78 is 1.86. The largest absolute Gasteiger partial charge is 0.349 e. The van der Waals surface area contributed by atoms with Crippen LogP contribution in [0.1, 0.15) is 30.0 Å². The van der Waals surface area contributed by atoms with Gasteiger partial charge in [0.05, 0.1) is 5.69 Å². The van der Waals surface area contributed by atoms with Gasteiger partial charge in [0.25, 0.3) is 0 Å². The van der Waals surface area contributed by atoms with E-state index in [1.807, 2.05) is 24.9 Å². The van der Waals surface area contributed by atoms with Crippen LogP contribution in [0.25, 0.3) is 0 Å². The molecular weight excluding hydrogens is 214 g/mol. The lowest BCUT2D eigenvalue weighted by Crippen LogP contribution is -2.22. The van der Waals surface area contributed by atoms with Gasteiger partial charge in [-0.3, -0.25) is 4.68 Å². The third kappa shape index (κ3) is 2.94.